The highest BCUT2D eigenvalue weighted by Crippen LogP contribution is 2.27. The van der Waals surface area contributed by atoms with Crippen molar-refractivity contribution in [2.45, 2.75) is 32.8 Å². The van der Waals surface area contributed by atoms with Gasteiger partial charge in [0.25, 0.3) is 0 Å². The summed E-state index contributed by atoms with van der Waals surface area (Å²) < 4.78 is 10.0. The van der Waals surface area contributed by atoms with Crippen LogP contribution in [0.4, 0.5) is 0 Å². The fourth-order valence-electron chi connectivity index (χ4n) is 2.11. The van der Waals surface area contributed by atoms with Gasteiger partial charge in [-0.2, -0.15) is 0 Å². The standard InChI is InChI=1S/C16H18ClNO4/c1-3-7-21-16(20)10(2)22-14(19)8-11-9-18-13-6-4-5-12(17)15(11)13/h4-6,9-10,18H,3,7-8H2,1-2H3/t10-/m0/s1. The molecule has 118 valence electrons. The molecule has 1 N–H and O–H groups in total. The van der Waals surface area contributed by atoms with E-state index >= 15 is 0 Å². The summed E-state index contributed by atoms with van der Waals surface area (Å²) in [7, 11) is 0. The second-order valence-corrected chi connectivity index (χ2v) is 5.36. The smallest absolute Gasteiger partial charge is 0.347 e. The Bertz CT molecular complexity index is 680. The van der Waals surface area contributed by atoms with Gasteiger partial charge in [0.2, 0.25) is 0 Å². The van der Waals surface area contributed by atoms with Crippen molar-refractivity contribution in [1.29, 1.82) is 0 Å². The van der Waals surface area contributed by atoms with Crippen LogP contribution in [0.1, 0.15) is 25.8 Å². The van der Waals surface area contributed by atoms with E-state index in [1.54, 1.807) is 12.3 Å². The average molecular weight is 324 g/mol. The quantitative estimate of drug-likeness (QED) is 0.829. The zero-order chi connectivity index (χ0) is 16.1. The molecule has 22 heavy (non-hydrogen) atoms. The van der Waals surface area contributed by atoms with E-state index < -0.39 is 18.0 Å². The fraction of sp³-hybridized carbons (Fsp3) is 0.375. The highest BCUT2D eigenvalue weighted by Gasteiger charge is 2.20. The molecule has 0 aliphatic heterocycles. The molecule has 1 heterocycles. The minimum Gasteiger partial charge on any atom is -0.463 e. The average Bonchev–Trinajstić information content (AvgIpc) is 2.89. The first kappa shape index (κ1) is 16.4. The number of fused-ring (bicyclic) bond motifs is 1. The number of rotatable bonds is 6. The van der Waals surface area contributed by atoms with Crippen LogP contribution in [-0.4, -0.2) is 29.6 Å². The van der Waals surface area contributed by atoms with Crippen LogP contribution < -0.4 is 0 Å². The Hall–Kier alpha value is -2.01. The van der Waals surface area contributed by atoms with E-state index in [4.69, 9.17) is 21.1 Å². The van der Waals surface area contributed by atoms with Gasteiger partial charge >= 0.3 is 11.9 Å². The van der Waals surface area contributed by atoms with Crippen molar-refractivity contribution in [2.75, 3.05) is 6.61 Å². The molecule has 1 atom stereocenters. The maximum Gasteiger partial charge on any atom is 0.347 e. The molecule has 0 unspecified atom stereocenters. The Kier molecular flexibility index (Phi) is 5.44. The molecular formula is C16H18ClNO4. The lowest BCUT2D eigenvalue weighted by Gasteiger charge is -2.12. The summed E-state index contributed by atoms with van der Waals surface area (Å²) in [6.45, 7) is 3.71. The van der Waals surface area contributed by atoms with Crippen LogP contribution in [0.2, 0.25) is 5.02 Å². The van der Waals surface area contributed by atoms with E-state index in [1.165, 1.54) is 6.92 Å². The highest BCUT2D eigenvalue weighted by atomic mass is 35.5. The molecule has 0 amide bonds. The number of H-pyrrole nitrogens is 1. The van der Waals surface area contributed by atoms with Gasteiger partial charge in [0.05, 0.1) is 18.1 Å². The number of hydrogen-bond acceptors (Lipinski definition) is 4. The van der Waals surface area contributed by atoms with Crippen LogP contribution in [0.3, 0.4) is 0 Å². The van der Waals surface area contributed by atoms with E-state index in [9.17, 15) is 9.59 Å². The van der Waals surface area contributed by atoms with Crippen LogP contribution >= 0.6 is 11.6 Å². The third-order valence-corrected chi connectivity index (χ3v) is 3.47. The largest absolute Gasteiger partial charge is 0.463 e. The van der Waals surface area contributed by atoms with Crippen molar-refractivity contribution in [3.63, 3.8) is 0 Å². The van der Waals surface area contributed by atoms with E-state index in [1.807, 2.05) is 19.1 Å². The van der Waals surface area contributed by atoms with E-state index in [2.05, 4.69) is 4.98 Å². The SMILES string of the molecule is CCCOC(=O)[C@H](C)OC(=O)Cc1c[nH]c2cccc(Cl)c12. The number of carbonyl (C=O) groups is 2. The number of aromatic amines is 1. The number of benzene rings is 1. The summed E-state index contributed by atoms with van der Waals surface area (Å²) in [5.41, 5.74) is 1.59. The van der Waals surface area contributed by atoms with Gasteiger partial charge in [-0.15, -0.1) is 0 Å². The summed E-state index contributed by atoms with van der Waals surface area (Å²) in [5.74, 6) is -1.03. The molecule has 0 fully saturated rings. The van der Waals surface area contributed by atoms with Crippen LogP contribution in [0.5, 0.6) is 0 Å². The lowest BCUT2D eigenvalue weighted by atomic mass is 10.1. The summed E-state index contributed by atoms with van der Waals surface area (Å²) in [6, 6.07) is 5.47. The Morgan fingerprint density at radius 1 is 1.36 bits per heavy atom. The van der Waals surface area contributed by atoms with Crippen molar-refractivity contribution in [2.24, 2.45) is 0 Å². The summed E-state index contributed by atoms with van der Waals surface area (Å²) in [5, 5.41) is 1.36. The topological polar surface area (TPSA) is 68.4 Å². The number of carbonyl (C=O) groups excluding carboxylic acids is 2. The lowest BCUT2D eigenvalue weighted by molar-refractivity contribution is -0.166. The summed E-state index contributed by atoms with van der Waals surface area (Å²) in [4.78, 5) is 26.6. The number of hydrogen-bond donors (Lipinski definition) is 1. The van der Waals surface area contributed by atoms with Gasteiger partial charge in [-0.1, -0.05) is 24.6 Å². The molecule has 2 aromatic rings. The third-order valence-electron chi connectivity index (χ3n) is 3.16. The molecule has 6 heteroatoms. The van der Waals surface area contributed by atoms with Crippen molar-refractivity contribution >= 4 is 34.4 Å². The van der Waals surface area contributed by atoms with Crippen LogP contribution in [0.25, 0.3) is 10.9 Å². The van der Waals surface area contributed by atoms with Crippen LogP contribution in [0, 0.1) is 0 Å². The van der Waals surface area contributed by atoms with E-state index in [0.717, 1.165) is 22.9 Å². The maximum absolute atomic E-state index is 12.0. The van der Waals surface area contributed by atoms with Gasteiger partial charge in [-0.05, 0) is 31.0 Å². The molecule has 2 rings (SSSR count). The predicted octanol–water partition coefficient (Wildman–Crippen LogP) is 3.25. The normalized spacial score (nSPS) is 12.1. The van der Waals surface area contributed by atoms with Crippen LogP contribution in [0.15, 0.2) is 24.4 Å². The fourth-order valence-corrected chi connectivity index (χ4v) is 2.41. The molecule has 0 saturated carbocycles. The Morgan fingerprint density at radius 2 is 2.14 bits per heavy atom. The van der Waals surface area contributed by atoms with Gasteiger partial charge < -0.3 is 14.5 Å². The second-order valence-electron chi connectivity index (χ2n) is 4.95. The van der Waals surface area contributed by atoms with E-state index in [-0.39, 0.29) is 6.42 Å². The molecule has 1 aromatic heterocycles. The minimum atomic E-state index is -0.917. The van der Waals surface area contributed by atoms with Crippen molar-refractivity contribution < 1.29 is 19.1 Å². The summed E-state index contributed by atoms with van der Waals surface area (Å²) >= 11 is 6.15. The first-order valence-corrected chi connectivity index (χ1v) is 7.51. The highest BCUT2D eigenvalue weighted by molar-refractivity contribution is 6.35. The lowest BCUT2D eigenvalue weighted by Crippen LogP contribution is -2.27. The monoisotopic (exact) mass is 323 g/mol. The number of ether oxygens (including phenoxy) is 2. The molecule has 0 aliphatic rings. The molecule has 1 aromatic carbocycles. The zero-order valence-electron chi connectivity index (χ0n) is 12.5. The van der Waals surface area contributed by atoms with Crippen LogP contribution in [-0.2, 0) is 25.5 Å². The first-order valence-electron chi connectivity index (χ1n) is 7.13. The first-order chi connectivity index (χ1) is 10.5. The number of halogens is 1. The number of nitrogens with one attached hydrogen (secondary N) is 1. The van der Waals surface area contributed by atoms with Gasteiger partial charge in [-0.25, -0.2) is 4.79 Å². The van der Waals surface area contributed by atoms with Gasteiger partial charge in [0.1, 0.15) is 0 Å². The molecule has 0 radical (unpaired) electrons. The van der Waals surface area contributed by atoms with Gasteiger partial charge in [0.15, 0.2) is 6.10 Å². The molecular weight excluding hydrogens is 306 g/mol. The maximum atomic E-state index is 12.0. The van der Waals surface area contributed by atoms with Crippen molar-refractivity contribution in [3.05, 3.63) is 35.0 Å². The Labute approximate surface area is 133 Å². The second kappa shape index (κ2) is 7.31. The predicted molar refractivity (Wildman–Crippen MR) is 83.8 cm³/mol. The van der Waals surface area contributed by atoms with Gasteiger partial charge in [0, 0.05) is 17.1 Å². The van der Waals surface area contributed by atoms with E-state index in [0.29, 0.717) is 11.6 Å². The number of esters is 2. The zero-order valence-corrected chi connectivity index (χ0v) is 13.3. The minimum absolute atomic E-state index is 0.0368. The molecule has 0 saturated heterocycles. The Balaban J connectivity index is 2.01. The third kappa shape index (κ3) is 3.80. The van der Waals surface area contributed by atoms with Crippen molar-refractivity contribution in [1.82, 2.24) is 4.98 Å². The molecule has 0 spiro atoms. The number of aromatic nitrogens is 1. The molecule has 5 nitrogen and oxygen atoms in total. The van der Waals surface area contributed by atoms with Gasteiger partial charge in [-0.3, -0.25) is 4.79 Å². The summed E-state index contributed by atoms with van der Waals surface area (Å²) in [6.07, 6.45) is 1.56. The molecule has 0 aliphatic carbocycles. The Morgan fingerprint density at radius 3 is 2.86 bits per heavy atom. The van der Waals surface area contributed by atoms with Crippen molar-refractivity contribution in [3.8, 4) is 0 Å². The molecule has 0 bridgehead atoms.